The maximum atomic E-state index is 12.2. The summed E-state index contributed by atoms with van der Waals surface area (Å²) in [7, 11) is 0. The van der Waals surface area contributed by atoms with Crippen molar-refractivity contribution in [2.45, 2.75) is 6.92 Å². The second-order valence-corrected chi connectivity index (χ2v) is 5.01. The van der Waals surface area contributed by atoms with E-state index < -0.39 is 0 Å². The van der Waals surface area contributed by atoms with Crippen molar-refractivity contribution < 1.29 is 4.79 Å². The second kappa shape index (κ2) is 5.36. The summed E-state index contributed by atoms with van der Waals surface area (Å²) in [5, 5.41) is 0. The molecular formula is C15H18N4O. The van der Waals surface area contributed by atoms with Gasteiger partial charge in [-0.3, -0.25) is 4.57 Å². The van der Waals surface area contributed by atoms with Crippen LogP contribution >= 0.6 is 0 Å². The van der Waals surface area contributed by atoms with Gasteiger partial charge in [0.15, 0.2) is 0 Å². The van der Waals surface area contributed by atoms with Crippen LogP contribution in [-0.2, 0) is 0 Å². The summed E-state index contributed by atoms with van der Waals surface area (Å²) in [6.07, 6.45) is 4.87. The Labute approximate surface area is 118 Å². The summed E-state index contributed by atoms with van der Waals surface area (Å²) < 4.78 is 1.53. The normalized spacial score (nSPS) is 15.4. The number of carbonyl (C=O) groups excluding carboxylic acids is 1. The number of amides is 1. The van der Waals surface area contributed by atoms with E-state index in [1.54, 1.807) is 18.7 Å². The Bertz CT molecular complexity index is 586. The van der Waals surface area contributed by atoms with Crippen LogP contribution in [-0.4, -0.2) is 46.7 Å². The van der Waals surface area contributed by atoms with Crippen LogP contribution in [0.2, 0.25) is 0 Å². The Morgan fingerprint density at radius 2 is 1.90 bits per heavy atom. The average Bonchev–Trinajstić information content (AvgIpc) is 3.01. The molecule has 1 aromatic carbocycles. The minimum Gasteiger partial charge on any atom is -0.368 e. The zero-order chi connectivity index (χ0) is 13.9. The highest BCUT2D eigenvalue weighted by atomic mass is 16.2. The maximum absolute atomic E-state index is 12.2. The minimum atomic E-state index is 0.00642. The number of anilines is 1. The number of para-hydroxylation sites is 1. The van der Waals surface area contributed by atoms with Crippen molar-refractivity contribution in [3.05, 3.63) is 48.5 Å². The first-order valence-corrected chi connectivity index (χ1v) is 6.83. The molecule has 0 N–H and O–H groups in total. The van der Waals surface area contributed by atoms with E-state index in [0.717, 1.165) is 26.2 Å². The fourth-order valence-electron chi connectivity index (χ4n) is 2.59. The van der Waals surface area contributed by atoms with Gasteiger partial charge in [0.25, 0.3) is 0 Å². The first kappa shape index (κ1) is 12.7. The first-order valence-electron chi connectivity index (χ1n) is 6.83. The van der Waals surface area contributed by atoms with E-state index in [-0.39, 0.29) is 6.03 Å². The van der Waals surface area contributed by atoms with Crippen LogP contribution in [0.5, 0.6) is 0 Å². The number of imidazole rings is 1. The Hall–Kier alpha value is -2.30. The van der Waals surface area contributed by atoms with Gasteiger partial charge in [0.05, 0.1) is 0 Å². The molecule has 1 aromatic heterocycles. The number of aromatic nitrogens is 2. The van der Waals surface area contributed by atoms with Crippen molar-refractivity contribution in [1.29, 1.82) is 0 Å². The van der Waals surface area contributed by atoms with Crippen molar-refractivity contribution in [2.75, 3.05) is 31.1 Å². The summed E-state index contributed by atoms with van der Waals surface area (Å²) in [6, 6.07) is 8.39. The molecule has 5 heteroatoms. The van der Waals surface area contributed by atoms with E-state index in [4.69, 9.17) is 0 Å². The molecule has 3 rings (SSSR count). The molecule has 5 nitrogen and oxygen atoms in total. The summed E-state index contributed by atoms with van der Waals surface area (Å²) in [5.74, 6) is 0. The van der Waals surface area contributed by atoms with Gasteiger partial charge in [-0.1, -0.05) is 18.2 Å². The average molecular weight is 270 g/mol. The number of hydrogen-bond acceptors (Lipinski definition) is 3. The molecule has 0 saturated carbocycles. The van der Waals surface area contributed by atoms with Gasteiger partial charge in [0.1, 0.15) is 6.33 Å². The van der Waals surface area contributed by atoms with E-state index in [1.165, 1.54) is 15.8 Å². The molecule has 1 aliphatic heterocycles. The summed E-state index contributed by atoms with van der Waals surface area (Å²) in [5.41, 5.74) is 2.55. The molecule has 0 atom stereocenters. The van der Waals surface area contributed by atoms with Crippen molar-refractivity contribution >= 4 is 11.7 Å². The predicted molar refractivity (Wildman–Crippen MR) is 78.0 cm³/mol. The highest BCUT2D eigenvalue weighted by Crippen LogP contribution is 2.20. The van der Waals surface area contributed by atoms with Gasteiger partial charge in [-0.05, 0) is 18.6 Å². The number of benzene rings is 1. The largest absolute Gasteiger partial charge is 0.368 e. The fraction of sp³-hybridized carbons (Fsp3) is 0.333. The first-order chi connectivity index (χ1) is 9.75. The van der Waals surface area contributed by atoms with Gasteiger partial charge in [0.2, 0.25) is 0 Å². The molecule has 0 aliphatic carbocycles. The SMILES string of the molecule is Cc1ccccc1N1CCN(C(=O)n2ccnc2)CC1. The number of piperazine rings is 1. The Morgan fingerprint density at radius 3 is 2.55 bits per heavy atom. The Kier molecular flexibility index (Phi) is 3.41. The highest BCUT2D eigenvalue weighted by molar-refractivity contribution is 5.77. The van der Waals surface area contributed by atoms with Crippen LogP contribution < -0.4 is 4.90 Å². The molecule has 2 heterocycles. The monoisotopic (exact) mass is 270 g/mol. The van der Waals surface area contributed by atoms with E-state index in [2.05, 4.69) is 41.1 Å². The fourth-order valence-corrected chi connectivity index (χ4v) is 2.59. The molecule has 1 amide bonds. The lowest BCUT2D eigenvalue weighted by molar-refractivity contribution is 0.196. The summed E-state index contributed by atoms with van der Waals surface area (Å²) in [4.78, 5) is 20.3. The van der Waals surface area contributed by atoms with Crippen molar-refractivity contribution in [1.82, 2.24) is 14.5 Å². The van der Waals surface area contributed by atoms with E-state index in [0.29, 0.717) is 0 Å². The van der Waals surface area contributed by atoms with Gasteiger partial charge in [-0.25, -0.2) is 9.78 Å². The molecular weight excluding hydrogens is 252 g/mol. The lowest BCUT2D eigenvalue weighted by Gasteiger charge is -2.36. The maximum Gasteiger partial charge on any atom is 0.329 e. The Balaban J connectivity index is 1.65. The molecule has 0 unspecified atom stereocenters. The molecule has 1 aliphatic rings. The van der Waals surface area contributed by atoms with Gasteiger partial charge in [-0.2, -0.15) is 0 Å². The van der Waals surface area contributed by atoms with Crippen LogP contribution in [0.1, 0.15) is 5.56 Å². The molecule has 104 valence electrons. The van der Waals surface area contributed by atoms with Crippen molar-refractivity contribution in [3.8, 4) is 0 Å². The second-order valence-electron chi connectivity index (χ2n) is 5.01. The molecule has 0 radical (unpaired) electrons. The molecule has 0 spiro atoms. The van der Waals surface area contributed by atoms with Gasteiger partial charge >= 0.3 is 6.03 Å². The molecule has 20 heavy (non-hydrogen) atoms. The molecule has 0 bridgehead atoms. The highest BCUT2D eigenvalue weighted by Gasteiger charge is 2.22. The zero-order valence-corrected chi connectivity index (χ0v) is 11.6. The van der Waals surface area contributed by atoms with Crippen LogP contribution in [0, 0.1) is 6.92 Å². The third-order valence-corrected chi connectivity index (χ3v) is 3.73. The number of rotatable bonds is 1. The lowest BCUT2D eigenvalue weighted by atomic mass is 10.1. The van der Waals surface area contributed by atoms with Crippen LogP contribution in [0.3, 0.4) is 0 Å². The van der Waals surface area contributed by atoms with Crippen molar-refractivity contribution in [2.24, 2.45) is 0 Å². The van der Waals surface area contributed by atoms with Gasteiger partial charge in [-0.15, -0.1) is 0 Å². The lowest BCUT2D eigenvalue weighted by Crippen LogP contribution is -2.50. The summed E-state index contributed by atoms with van der Waals surface area (Å²) >= 11 is 0. The van der Waals surface area contributed by atoms with E-state index in [9.17, 15) is 4.79 Å². The smallest absolute Gasteiger partial charge is 0.329 e. The van der Waals surface area contributed by atoms with Crippen LogP contribution in [0.4, 0.5) is 10.5 Å². The van der Waals surface area contributed by atoms with Crippen LogP contribution in [0.25, 0.3) is 0 Å². The quantitative estimate of drug-likeness (QED) is 0.795. The third-order valence-electron chi connectivity index (χ3n) is 3.73. The van der Waals surface area contributed by atoms with E-state index in [1.807, 2.05) is 4.90 Å². The van der Waals surface area contributed by atoms with Gasteiger partial charge in [0, 0.05) is 44.3 Å². The molecule has 1 saturated heterocycles. The van der Waals surface area contributed by atoms with Crippen molar-refractivity contribution in [3.63, 3.8) is 0 Å². The Morgan fingerprint density at radius 1 is 1.15 bits per heavy atom. The zero-order valence-electron chi connectivity index (χ0n) is 11.6. The number of hydrogen-bond donors (Lipinski definition) is 0. The molecule has 1 fully saturated rings. The predicted octanol–water partition coefficient (Wildman–Crippen LogP) is 1.98. The van der Waals surface area contributed by atoms with Gasteiger partial charge < -0.3 is 9.80 Å². The third kappa shape index (κ3) is 2.39. The molecule has 2 aromatic rings. The summed E-state index contributed by atoms with van der Waals surface area (Å²) in [6.45, 7) is 5.34. The number of aryl methyl sites for hydroxylation is 1. The van der Waals surface area contributed by atoms with E-state index >= 15 is 0 Å². The number of nitrogens with zero attached hydrogens (tertiary/aromatic N) is 4. The number of carbonyl (C=O) groups is 1. The topological polar surface area (TPSA) is 41.4 Å². The minimum absolute atomic E-state index is 0.00642. The standard InChI is InChI=1S/C15H18N4O/c1-13-4-2-3-5-14(13)17-8-10-18(11-9-17)15(20)19-7-6-16-12-19/h2-7,12H,8-11H2,1H3. The van der Waals surface area contributed by atoms with Crippen LogP contribution in [0.15, 0.2) is 43.0 Å².